The minimum atomic E-state index is -3.78. The number of nitrogens with two attached hydrogens (primary N) is 1. The zero-order valence-corrected chi connectivity index (χ0v) is 17.0. The van der Waals surface area contributed by atoms with E-state index in [-0.39, 0.29) is 4.90 Å². The van der Waals surface area contributed by atoms with Gasteiger partial charge in [-0.1, -0.05) is 18.2 Å². The molecule has 0 saturated carbocycles. The summed E-state index contributed by atoms with van der Waals surface area (Å²) in [6, 6.07) is 14.8. The third kappa shape index (κ3) is 6.17. The average molecular weight is 411 g/mol. The van der Waals surface area contributed by atoms with Crippen molar-refractivity contribution in [3.63, 3.8) is 0 Å². The maximum absolute atomic E-state index is 11.6. The molecule has 4 N–H and O–H groups in total. The summed E-state index contributed by atoms with van der Waals surface area (Å²) in [7, 11) is -0.0503. The number of rotatable bonds is 7. The highest BCUT2D eigenvalue weighted by Gasteiger charge is 2.13. The lowest BCUT2D eigenvalue weighted by Crippen LogP contribution is -2.31. The van der Waals surface area contributed by atoms with Crippen LogP contribution in [0, 0.1) is 0 Å². The van der Waals surface area contributed by atoms with E-state index in [2.05, 4.69) is 22.8 Å². The highest BCUT2D eigenvalue weighted by atomic mass is 32.2. The Morgan fingerprint density at radius 2 is 1.88 bits per heavy atom. The van der Waals surface area contributed by atoms with Crippen LogP contribution in [0.15, 0.2) is 58.3 Å². The van der Waals surface area contributed by atoms with E-state index in [9.17, 15) is 8.42 Å². The molecule has 0 aliphatic carbocycles. The Morgan fingerprint density at radius 1 is 1.19 bits per heavy atom. The maximum atomic E-state index is 11.6. The Morgan fingerprint density at radius 3 is 2.50 bits per heavy atom. The molecule has 0 bridgehead atoms. The highest BCUT2D eigenvalue weighted by Crippen LogP contribution is 2.27. The Kier molecular flexibility index (Phi) is 7.27. The highest BCUT2D eigenvalue weighted by molar-refractivity contribution is 7.99. The van der Waals surface area contributed by atoms with Gasteiger partial charge >= 0.3 is 0 Å². The van der Waals surface area contributed by atoms with E-state index in [1.54, 1.807) is 17.8 Å². The van der Waals surface area contributed by atoms with Crippen molar-refractivity contribution < 1.29 is 8.42 Å². The van der Waals surface area contributed by atoms with Gasteiger partial charge < -0.3 is 15.5 Å². The summed E-state index contributed by atoms with van der Waals surface area (Å²) >= 11 is 7.05. The van der Waals surface area contributed by atoms with Gasteiger partial charge in [0, 0.05) is 31.3 Å². The van der Waals surface area contributed by atoms with Gasteiger partial charge in [0.25, 0.3) is 0 Å². The van der Waals surface area contributed by atoms with Gasteiger partial charge in [0.2, 0.25) is 10.0 Å². The third-order valence-corrected chi connectivity index (χ3v) is 5.60. The van der Waals surface area contributed by atoms with Crippen LogP contribution in [0.3, 0.4) is 0 Å². The van der Waals surface area contributed by atoms with Crippen LogP contribution in [0.4, 0.5) is 11.4 Å². The van der Waals surface area contributed by atoms with Crippen molar-refractivity contribution in [2.75, 3.05) is 36.6 Å². The molecular formula is C17H22N4O2S3. The first-order chi connectivity index (χ1) is 12.3. The molecule has 0 fully saturated rings. The van der Waals surface area contributed by atoms with Crippen molar-refractivity contribution in [2.24, 2.45) is 5.14 Å². The predicted octanol–water partition coefficient (Wildman–Crippen LogP) is 2.48. The van der Waals surface area contributed by atoms with E-state index >= 15 is 0 Å². The predicted molar refractivity (Wildman–Crippen MR) is 114 cm³/mol. The van der Waals surface area contributed by atoms with Crippen molar-refractivity contribution in [1.29, 1.82) is 0 Å². The van der Waals surface area contributed by atoms with Crippen molar-refractivity contribution >= 4 is 50.5 Å². The Bertz CT molecular complexity index is 856. The molecule has 0 unspecified atom stereocenters. The zero-order chi connectivity index (χ0) is 19.2. The van der Waals surface area contributed by atoms with E-state index in [1.807, 2.05) is 37.2 Å². The molecule has 2 rings (SSSR count). The van der Waals surface area contributed by atoms with Gasteiger partial charge in [-0.15, -0.1) is 11.8 Å². The quantitative estimate of drug-likeness (QED) is 0.367. The minimum absolute atomic E-state index is 0.0352. The summed E-state index contributed by atoms with van der Waals surface area (Å²) in [6.45, 7) is 0.678. The molecule has 6 nitrogen and oxygen atoms in total. The second-order valence-electron chi connectivity index (χ2n) is 5.66. The molecule has 0 saturated heterocycles. The minimum Gasteiger partial charge on any atom is -0.376 e. The van der Waals surface area contributed by atoms with Gasteiger partial charge in [-0.05, 0) is 42.5 Å². The van der Waals surface area contributed by atoms with Gasteiger partial charge in [-0.2, -0.15) is 0 Å². The molecule has 0 aromatic heterocycles. The van der Waals surface area contributed by atoms with Crippen molar-refractivity contribution in [2.45, 2.75) is 9.79 Å². The average Bonchev–Trinajstić information content (AvgIpc) is 2.58. The van der Waals surface area contributed by atoms with Crippen molar-refractivity contribution in [3.8, 4) is 0 Å². The summed E-state index contributed by atoms with van der Waals surface area (Å²) in [5.41, 5.74) is 1.38. The van der Waals surface area contributed by atoms with E-state index in [0.717, 1.165) is 11.4 Å². The summed E-state index contributed by atoms with van der Waals surface area (Å²) in [6.07, 6.45) is 0. The standard InChI is InChI=1S/C17H22N4O2S3/c1-21(2)16-9-8-14(26(18,22)23)12-15(16)20-17(24)19-10-11-25-13-6-4-3-5-7-13/h3-9,12H,10-11H2,1-2H3,(H2,18,22,23)(H2,19,20,24). The molecular weight excluding hydrogens is 388 g/mol. The first-order valence-corrected chi connectivity index (χ1v) is 10.8. The number of thioether (sulfide) groups is 1. The SMILES string of the molecule is CN(C)c1ccc(S(N)(=O)=O)cc1NC(=S)NCCSc1ccccc1. The molecule has 26 heavy (non-hydrogen) atoms. The van der Waals surface area contributed by atoms with Crippen LogP contribution < -0.4 is 20.7 Å². The molecule has 9 heteroatoms. The number of hydrogen-bond donors (Lipinski definition) is 3. The van der Waals surface area contributed by atoms with Crippen LogP contribution in [0.2, 0.25) is 0 Å². The van der Waals surface area contributed by atoms with E-state index in [0.29, 0.717) is 17.3 Å². The van der Waals surface area contributed by atoms with Gasteiger partial charge in [-0.25, -0.2) is 13.6 Å². The van der Waals surface area contributed by atoms with Gasteiger partial charge in [0.1, 0.15) is 0 Å². The number of nitrogens with zero attached hydrogens (tertiary/aromatic N) is 1. The van der Waals surface area contributed by atoms with Crippen molar-refractivity contribution in [3.05, 3.63) is 48.5 Å². The topological polar surface area (TPSA) is 87.5 Å². The monoisotopic (exact) mass is 410 g/mol. The van der Waals surface area contributed by atoms with Gasteiger partial charge in [-0.3, -0.25) is 0 Å². The number of sulfonamides is 1. The molecule has 2 aromatic carbocycles. The number of primary sulfonamides is 1. The number of hydrogen-bond acceptors (Lipinski definition) is 5. The van der Waals surface area contributed by atoms with Crippen LogP contribution in [-0.2, 0) is 10.0 Å². The molecule has 0 heterocycles. The summed E-state index contributed by atoms with van der Waals surface area (Å²) in [4.78, 5) is 3.10. The van der Waals surface area contributed by atoms with E-state index in [4.69, 9.17) is 17.4 Å². The molecule has 0 atom stereocenters. The van der Waals surface area contributed by atoms with Gasteiger partial charge in [0.15, 0.2) is 5.11 Å². The lowest BCUT2D eigenvalue weighted by Gasteiger charge is -2.20. The molecule has 0 aliphatic heterocycles. The zero-order valence-electron chi connectivity index (χ0n) is 14.6. The second-order valence-corrected chi connectivity index (χ2v) is 8.80. The molecule has 140 valence electrons. The Hall–Kier alpha value is -1.81. The molecule has 0 amide bonds. The van der Waals surface area contributed by atoms with E-state index in [1.165, 1.54) is 17.0 Å². The molecule has 0 aliphatic rings. The fraction of sp³-hybridized carbons (Fsp3) is 0.235. The van der Waals surface area contributed by atoms with Crippen LogP contribution in [0.1, 0.15) is 0 Å². The lowest BCUT2D eigenvalue weighted by atomic mass is 10.2. The molecule has 0 radical (unpaired) electrons. The fourth-order valence-corrected chi connectivity index (χ4v) is 3.74. The van der Waals surface area contributed by atoms with Crippen molar-refractivity contribution in [1.82, 2.24) is 5.32 Å². The summed E-state index contributed by atoms with van der Waals surface area (Å²) < 4.78 is 23.2. The second kappa shape index (κ2) is 9.22. The maximum Gasteiger partial charge on any atom is 0.238 e. The Balaban J connectivity index is 1.96. The van der Waals surface area contributed by atoms with E-state index < -0.39 is 10.0 Å². The lowest BCUT2D eigenvalue weighted by molar-refractivity contribution is 0.598. The van der Waals surface area contributed by atoms with Crippen LogP contribution in [0.25, 0.3) is 0 Å². The first kappa shape index (κ1) is 20.5. The van der Waals surface area contributed by atoms with Crippen LogP contribution in [-0.4, -0.2) is 39.9 Å². The van der Waals surface area contributed by atoms with Gasteiger partial charge in [0.05, 0.1) is 16.3 Å². The fourth-order valence-electron chi connectivity index (χ4n) is 2.20. The first-order valence-electron chi connectivity index (χ1n) is 7.84. The third-order valence-electron chi connectivity index (χ3n) is 3.43. The number of benzene rings is 2. The normalized spacial score (nSPS) is 11.0. The smallest absolute Gasteiger partial charge is 0.238 e. The number of thiocarbonyl (C=S) groups is 1. The number of nitrogens with one attached hydrogen (secondary N) is 2. The molecule has 2 aromatic rings. The Labute approximate surface area is 164 Å². The molecule has 0 spiro atoms. The summed E-state index contributed by atoms with van der Waals surface area (Å²) in [5.74, 6) is 0.851. The van der Waals surface area contributed by atoms with Crippen LogP contribution in [0.5, 0.6) is 0 Å². The van der Waals surface area contributed by atoms with Crippen LogP contribution >= 0.6 is 24.0 Å². The number of anilines is 2. The largest absolute Gasteiger partial charge is 0.376 e. The summed E-state index contributed by atoms with van der Waals surface area (Å²) in [5, 5.41) is 11.8.